The number of benzene rings is 2. The first-order valence-corrected chi connectivity index (χ1v) is 7.47. The fourth-order valence-corrected chi connectivity index (χ4v) is 2.88. The van der Waals surface area contributed by atoms with Crippen molar-refractivity contribution in [3.8, 4) is 5.75 Å². The fourth-order valence-electron chi connectivity index (χ4n) is 1.86. The van der Waals surface area contributed by atoms with Crippen molar-refractivity contribution in [1.82, 2.24) is 0 Å². The van der Waals surface area contributed by atoms with Gasteiger partial charge in [0, 0.05) is 10.0 Å². The van der Waals surface area contributed by atoms with Crippen molar-refractivity contribution >= 4 is 31.9 Å². The van der Waals surface area contributed by atoms with Gasteiger partial charge < -0.3 is 4.74 Å². The van der Waals surface area contributed by atoms with Gasteiger partial charge in [-0.15, -0.1) is 0 Å². The Kier molecular flexibility index (Phi) is 4.63. The molecule has 0 aromatic heterocycles. The topological polar surface area (TPSA) is 9.23 Å². The Morgan fingerprint density at radius 1 is 1.16 bits per heavy atom. The highest BCUT2D eigenvalue weighted by Crippen LogP contribution is 2.39. The van der Waals surface area contributed by atoms with E-state index >= 15 is 0 Å². The number of methoxy groups -OCH3 is 1. The van der Waals surface area contributed by atoms with E-state index in [0.717, 1.165) is 26.9 Å². The van der Waals surface area contributed by atoms with Crippen molar-refractivity contribution < 1.29 is 9.13 Å². The maximum Gasteiger partial charge on any atom is 0.123 e. The molecule has 0 saturated heterocycles. The van der Waals surface area contributed by atoms with Crippen LogP contribution in [-0.4, -0.2) is 7.11 Å². The number of ether oxygens (including phenoxy) is 1. The third-order valence-corrected chi connectivity index (χ3v) is 4.82. The molecule has 2 aromatic rings. The molecule has 1 atom stereocenters. The standard InChI is InChI=1S/C15H13Br2FO/c1-9-7-14(19-2)12(8-13(9)16)15(17)10-3-5-11(18)6-4-10/h3-8,15H,1-2H3. The lowest BCUT2D eigenvalue weighted by Gasteiger charge is -2.16. The zero-order chi connectivity index (χ0) is 14.0. The molecule has 2 aromatic carbocycles. The molecule has 0 N–H and O–H groups in total. The van der Waals surface area contributed by atoms with E-state index < -0.39 is 0 Å². The van der Waals surface area contributed by atoms with Crippen molar-refractivity contribution in [3.05, 3.63) is 63.4 Å². The summed E-state index contributed by atoms with van der Waals surface area (Å²) in [5.74, 6) is 0.576. The van der Waals surface area contributed by atoms with Crippen LogP contribution in [0.15, 0.2) is 40.9 Å². The lowest BCUT2D eigenvalue weighted by molar-refractivity contribution is 0.410. The number of aryl methyl sites for hydroxylation is 1. The van der Waals surface area contributed by atoms with Gasteiger partial charge in [-0.25, -0.2) is 4.39 Å². The predicted octanol–water partition coefficient (Wildman–Crippen LogP) is 5.39. The molecular formula is C15H13Br2FO. The summed E-state index contributed by atoms with van der Waals surface area (Å²) < 4.78 is 19.4. The van der Waals surface area contributed by atoms with Crippen molar-refractivity contribution in [3.63, 3.8) is 0 Å². The quantitative estimate of drug-likeness (QED) is 0.641. The molecule has 100 valence electrons. The van der Waals surface area contributed by atoms with Crippen molar-refractivity contribution in [2.45, 2.75) is 11.8 Å². The van der Waals surface area contributed by atoms with Gasteiger partial charge in [0.1, 0.15) is 11.6 Å². The van der Waals surface area contributed by atoms with Crippen LogP contribution in [0.25, 0.3) is 0 Å². The number of hydrogen-bond donors (Lipinski definition) is 0. The first-order valence-electron chi connectivity index (χ1n) is 5.76. The van der Waals surface area contributed by atoms with Crippen LogP contribution in [0.4, 0.5) is 4.39 Å². The van der Waals surface area contributed by atoms with Crippen LogP contribution in [-0.2, 0) is 0 Å². The lowest BCUT2D eigenvalue weighted by atomic mass is 10.0. The van der Waals surface area contributed by atoms with Gasteiger partial charge in [0.2, 0.25) is 0 Å². The molecule has 0 radical (unpaired) electrons. The lowest BCUT2D eigenvalue weighted by Crippen LogP contribution is -1.98. The summed E-state index contributed by atoms with van der Waals surface area (Å²) in [5.41, 5.74) is 3.10. The highest BCUT2D eigenvalue weighted by Gasteiger charge is 2.17. The third kappa shape index (κ3) is 3.18. The highest BCUT2D eigenvalue weighted by atomic mass is 79.9. The zero-order valence-corrected chi connectivity index (χ0v) is 13.8. The Morgan fingerprint density at radius 3 is 2.37 bits per heavy atom. The van der Waals surface area contributed by atoms with E-state index in [0.29, 0.717) is 0 Å². The van der Waals surface area contributed by atoms with E-state index in [1.807, 2.05) is 19.1 Å². The maximum atomic E-state index is 13.0. The first kappa shape index (κ1) is 14.5. The minimum atomic E-state index is -0.236. The van der Waals surface area contributed by atoms with Crippen LogP contribution in [0.1, 0.15) is 21.5 Å². The second kappa shape index (κ2) is 6.06. The van der Waals surface area contributed by atoms with Gasteiger partial charge >= 0.3 is 0 Å². The van der Waals surface area contributed by atoms with Gasteiger partial charge in [-0.05, 0) is 42.3 Å². The summed E-state index contributed by atoms with van der Waals surface area (Å²) in [4.78, 5) is -0.0417. The molecule has 1 unspecified atom stereocenters. The molecule has 2 rings (SSSR count). The molecule has 0 spiro atoms. The minimum absolute atomic E-state index is 0.0417. The second-order valence-corrected chi connectivity index (χ2v) is 6.03. The molecule has 0 heterocycles. The summed E-state index contributed by atoms with van der Waals surface area (Å²) in [5, 5.41) is 0. The number of alkyl halides is 1. The molecule has 1 nitrogen and oxygen atoms in total. The molecule has 0 aliphatic carbocycles. The van der Waals surface area contributed by atoms with E-state index in [1.165, 1.54) is 12.1 Å². The van der Waals surface area contributed by atoms with Crippen LogP contribution in [0.2, 0.25) is 0 Å². The van der Waals surface area contributed by atoms with Gasteiger partial charge in [0.15, 0.2) is 0 Å². The van der Waals surface area contributed by atoms with E-state index in [4.69, 9.17) is 4.74 Å². The second-order valence-electron chi connectivity index (χ2n) is 4.26. The first-order chi connectivity index (χ1) is 9.02. The monoisotopic (exact) mass is 386 g/mol. The molecule has 19 heavy (non-hydrogen) atoms. The number of hydrogen-bond acceptors (Lipinski definition) is 1. The average Bonchev–Trinajstić information content (AvgIpc) is 2.41. The van der Waals surface area contributed by atoms with E-state index in [1.54, 1.807) is 19.2 Å². The Hall–Kier alpha value is -0.870. The summed E-state index contributed by atoms with van der Waals surface area (Å²) in [6, 6.07) is 10.5. The molecule has 0 fully saturated rings. The molecular weight excluding hydrogens is 375 g/mol. The maximum absolute atomic E-state index is 13.0. The summed E-state index contributed by atoms with van der Waals surface area (Å²) in [6.45, 7) is 2.01. The van der Waals surface area contributed by atoms with Crippen molar-refractivity contribution in [2.75, 3.05) is 7.11 Å². The Morgan fingerprint density at radius 2 is 1.79 bits per heavy atom. The summed E-state index contributed by atoms with van der Waals surface area (Å²) in [7, 11) is 1.65. The van der Waals surface area contributed by atoms with Crippen LogP contribution < -0.4 is 4.74 Å². The molecule has 0 aliphatic rings. The molecule has 4 heteroatoms. The normalized spacial score (nSPS) is 12.3. The van der Waals surface area contributed by atoms with Crippen LogP contribution in [0.3, 0.4) is 0 Å². The largest absolute Gasteiger partial charge is 0.496 e. The number of rotatable bonds is 3. The van der Waals surface area contributed by atoms with Crippen molar-refractivity contribution in [2.24, 2.45) is 0 Å². The smallest absolute Gasteiger partial charge is 0.123 e. The van der Waals surface area contributed by atoms with Gasteiger partial charge in [0.05, 0.1) is 11.9 Å². The average molecular weight is 388 g/mol. The van der Waals surface area contributed by atoms with Gasteiger partial charge in [-0.1, -0.05) is 44.0 Å². The SMILES string of the molecule is COc1cc(C)c(Br)cc1C(Br)c1ccc(F)cc1. The highest BCUT2D eigenvalue weighted by molar-refractivity contribution is 9.10. The molecule has 0 bridgehead atoms. The van der Waals surface area contributed by atoms with Crippen LogP contribution in [0, 0.1) is 12.7 Å². The predicted molar refractivity (Wildman–Crippen MR) is 82.6 cm³/mol. The van der Waals surface area contributed by atoms with E-state index in [-0.39, 0.29) is 10.6 Å². The van der Waals surface area contributed by atoms with Gasteiger partial charge in [0.25, 0.3) is 0 Å². The Balaban J connectivity index is 2.45. The fraction of sp³-hybridized carbons (Fsp3) is 0.200. The third-order valence-electron chi connectivity index (χ3n) is 2.95. The van der Waals surface area contributed by atoms with Gasteiger partial charge in [-0.3, -0.25) is 0 Å². The molecule has 0 amide bonds. The summed E-state index contributed by atoms with van der Waals surface area (Å²) in [6.07, 6.45) is 0. The summed E-state index contributed by atoms with van der Waals surface area (Å²) >= 11 is 7.17. The van der Waals surface area contributed by atoms with Gasteiger partial charge in [-0.2, -0.15) is 0 Å². The Bertz CT molecular complexity index is 581. The van der Waals surface area contributed by atoms with Crippen molar-refractivity contribution in [1.29, 1.82) is 0 Å². The zero-order valence-electron chi connectivity index (χ0n) is 10.6. The van der Waals surface area contributed by atoms with E-state index in [9.17, 15) is 4.39 Å². The van der Waals surface area contributed by atoms with Crippen LogP contribution >= 0.6 is 31.9 Å². The van der Waals surface area contributed by atoms with Crippen LogP contribution in [0.5, 0.6) is 5.75 Å². The molecule has 0 aliphatic heterocycles. The minimum Gasteiger partial charge on any atom is -0.496 e. The Labute approximate surface area is 129 Å². The van der Waals surface area contributed by atoms with E-state index in [2.05, 4.69) is 31.9 Å². The number of halogens is 3. The molecule has 0 saturated carbocycles.